The van der Waals surface area contributed by atoms with Gasteiger partial charge in [-0.05, 0) is 36.2 Å². The van der Waals surface area contributed by atoms with E-state index >= 15 is 0 Å². The number of pyridine rings is 1. The number of nitrogens with zero attached hydrogens (tertiary/aromatic N) is 1. The standard InChI is InChI=1S/C17H23FN4/c1-3-12-5-7-15(19)16(18)14(12)6-4-11-8-13(10-21-2)17(20)22-9-11/h4-9,15-16,21H,3,10,19H2,1-2H3,(H2,20,22). The Labute approximate surface area is 130 Å². The molecule has 2 rings (SSSR count). The molecule has 2 unspecified atom stereocenters. The van der Waals surface area contributed by atoms with Gasteiger partial charge in [-0.25, -0.2) is 9.37 Å². The molecular weight excluding hydrogens is 279 g/mol. The number of hydrogen-bond acceptors (Lipinski definition) is 4. The third kappa shape index (κ3) is 3.61. The second-order valence-corrected chi connectivity index (χ2v) is 5.35. The summed E-state index contributed by atoms with van der Waals surface area (Å²) in [6.07, 6.45) is 8.56. The van der Waals surface area contributed by atoms with E-state index in [4.69, 9.17) is 11.5 Å². The molecule has 1 heterocycles. The first-order valence-electron chi connectivity index (χ1n) is 7.44. The number of halogens is 1. The second-order valence-electron chi connectivity index (χ2n) is 5.35. The Balaban J connectivity index is 2.28. The molecule has 0 spiro atoms. The van der Waals surface area contributed by atoms with Crippen LogP contribution in [0.4, 0.5) is 10.2 Å². The van der Waals surface area contributed by atoms with Crippen molar-refractivity contribution in [2.24, 2.45) is 5.73 Å². The first-order chi connectivity index (χ1) is 10.6. The minimum absolute atomic E-state index is 0.506. The summed E-state index contributed by atoms with van der Waals surface area (Å²) < 4.78 is 14.3. The Bertz CT molecular complexity index is 619. The van der Waals surface area contributed by atoms with Gasteiger partial charge in [-0.1, -0.05) is 31.2 Å². The molecule has 22 heavy (non-hydrogen) atoms. The fourth-order valence-electron chi connectivity index (χ4n) is 2.48. The molecule has 0 saturated carbocycles. The van der Waals surface area contributed by atoms with Crippen molar-refractivity contribution in [3.8, 4) is 0 Å². The first-order valence-corrected chi connectivity index (χ1v) is 7.44. The highest BCUT2D eigenvalue weighted by atomic mass is 19.1. The topological polar surface area (TPSA) is 77.0 Å². The van der Waals surface area contributed by atoms with E-state index in [1.807, 2.05) is 32.2 Å². The van der Waals surface area contributed by atoms with Crippen LogP contribution < -0.4 is 16.8 Å². The van der Waals surface area contributed by atoms with Crippen molar-refractivity contribution in [2.75, 3.05) is 12.8 Å². The molecule has 0 bridgehead atoms. The van der Waals surface area contributed by atoms with Crippen LogP contribution in [-0.2, 0) is 6.54 Å². The van der Waals surface area contributed by atoms with Crippen LogP contribution in [0.2, 0.25) is 0 Å². The van der Waals surface area contributed by atoms with Crippen LogP contribution in [0, 0.1) is 0 Å². The van der Waals surface area contributed by atoms with E-state index in [-0.39, 0.29) is 0 Å². The average molecular weight is 302 g/mol. The Morgan fingerprint density at radius 3 is 2.86 bits per heavy atom. The second kappa shape index (κ2) is 7.33. The highest BCUT2D eigenvalue weighted by molar-refractivity contribution is 5.58. The van der Waals surface area contributed by atoms with Crippen LogP contribution >= 0.6 is 0 Å². The Morgan fingerprint density at radius 2 is 2.18 bits per heavy atom. The molecule has 1 aromatic rings. The van der Waals surface area contributed by atoms with Crippen LogP contribution in [0.15, 0.2) is 41.6 Å². The van der Waals surface area contributed by atoms with Gasteiger partial charge in [0, 0.05) is 18.3 Å². The lowest BCUT2D eigenvalue weighted by Crippen LogP contribution is -2.33. The van der Waals surface area contributed by atoms with E-state index < -0.39 is 12.2 Å². The number of anilines is 1. The van der Waals surface area contributed by atoms with Gasteiger partial charge >= 0.3 is 0 Å². The van der Waals surface area contributed by atoms with E-state index in [1.165, 1.54) is 0 Å². The van der Waals surface area contributed by atoms with Crippen LogP contribution in [0.5, 0.6) is 0 Å². The van der Waals surface area contributed by atoms with E-state index in [1.54, 1.807) is 18.3 Å². The number of nitrogens with two attached hydrogens (primary N) is 2. The highest BCUT2D eigenvalue weighted by Gasteiger charge is 2.23. The third-order valence-corrected chi connectivity index (χ3v) is 3.75. The molecule has 5 heteroatoms. The molecule has 118 valence electrons. The van der Waals surface area contributed by atoms with Crippen molar-refractivity contribution in [1.82, 2.24) is 10.3 Å². The molecule has 0 radical (unpaired) electrons. The molecule has 0 saturated heterocycles. The molecule has 0 aromatic carbocycles. The largest absolute Gasteiger partial charge is 0.383 e. The Hall–Kier alpha value is -1.98. The number of hydrogen-bond donors (Lipinski definition) is 3. The van der Waals surface area contributed by atoms with Crippen molar-refractivity contribution in [3.63, 3.8) is 0 Å². The quantitative estimate of drug-likeness (QED) is 0.780. The van der Waals surface area contributed by atoms with Gasteiger partial charge < -0.3 is 16.8 Å². The van der Waals surface area contributed by atoms with Gasteiger partial charge in [-0.15, -0.1) is 0 Å². The minimum Gasteiger partial charge on any atom is -0.383 e. The van der Waals surface area contributed by atoms with Crippen LogP contribution in [-0.4, -0.2) is 24.2 Å². The summed E-state index contributed by atoms with van der Waals surface area (Å²) in [6.45, 7) is 2.65. The monoisotopic (exact) mass is 302 g/mol. The molecule has 1 aromatic heterocycles. The number of nitrogens with one attached hydrogen (secondary N) is 1. The zero-order valence-electron chi connectivity index (χ0n) is 13.0. The Morgan fingerprint density at radius 1 is 1.41 bits per heavy atom. The van der Waals surface area contributed by atoms with Crippen molar-refractivity contribution >= 4 is 11.9 Å². The summed E-state index contributed by atoms with van der Waals surface area (Å²) in [5.74, 6) is 0.506. The van der Waals surface area contributed by atoms with Gasteiger partial charge in [-0.2, -0.15) is 0 Å². The fourth-order valence-corrected chi connectivity index (χ4v) is 2.48. The van der Waals surface area contributed by atoms with E-state index in [0.717, 1.165) is 23.1 Å². The average Bonchev–Trinajstić information content (AvgIpc) is 2.52. The maximum Gasteiger partial charge on any atom is 0.144 e. The number of nitrogen functional groups attached to an aromatic ring is 1. The first kappa shape index (κ1) is 16.4. The summed E-state index contributed by atoms with van der Waals surface area (Å²) in [4.78, 5) is 4.17. The van der Waals surface area contributed by atoms with Gasteiger partial charge in [-0.3, -0.25) is 0 Å². The number of alkyl halides is 1. The number of allylic oxidation sites excluding steroid dienone is 3. The summed E-state index contributed by atoms with van der Waals surface area (Å²) in [5.41, 5.74) is 15.0. The zero-order valence-corrected chi connectivity index (χ0v) is 13.0. The zero-order chi connectivity index (χ0) is 16.1. The summed E-state index contributed by atoms with van der Waals surface area (Å²) in [6, 6.07) is 1.37. The summed E-state index contributed by atoms with van der Waals surface area (Å²) in [7, 11) is 1.85. The van der Waals surface area contributed by atoms with Crippen LogP contribution in [0.25, 0.3) is 6.08 Å². The summed E-state index contributed by atoms with van der Waals surface area (Å²) >= 11 is 0. The maximum absolute atomic E-state index is 14.3. The normalized spacial score (nSPS) is 21.8. The molecule has 4 nitrogen and oxygen atoms in total. The molecule has 5 N–H and O–H groups in total. The van der Waals surface area contributed by atoms with Crippen molar-refractivity contribution < 1.29 is 4.39 Å². The van der Waals surface area contributed by atoms with Gasteiger partial charge in [0.2, 0.25) is 0 Å². The summed E-state index contributed by atoms with van der Waals surface area (Å²) in [5, 5.41) is 3.05. The van der Waals surface area contributed by atoms with E-state index in [0.29, 0.717) is 17.9 Å². The molecule has 0 aliphatic heterocycles. The van der Waals surface area contributed by atoms with Gasteiger partial charge in [0.25, 0.3) is 0 Å². The van der Waals surface area contributed by atoms with Crippen molar-refractivity contribution in [2.45, 2.75) is 32.1 Å². The predicted octanol–water partition coefficient (Wildman–Crippen LogP) is 2.34. The predicted molar refractivity (Wildman–Crippen MR) is 89.8 cm³/mol. The lowest BCUT2D eigenvalue weighted by Gasteiger charge is -2.21. The Kier molecular flexibility index (Phi) is 5.46. The molecular formula is C17H23FN4. The fraction of sp³-hybridized carbons (Fsp3) is 0.353. The number of rotatable bonds is 5. The number of aromatic nitrogens is 1. The van der Waals surface area contributed by atoms with E-state index in [2.05, 4.69) is 10.3 Å². The van der Waals surface area contributed by atoms with E-state index in [9.17, 15) is 4.39 Å². The minimum atomic E-state index is -1.17. The molecule has 1 aliphatic rings. The van der Waals surface area contributed by atoms with Crippen LogP contribution in [0.1, 0.15) is 24.5 Å². The SMILES string of the molecule is CCC1=C(C=Cc2cnc(N)c(CNC)c2)C(F)C(N)C=C1. The molecule has 1 aliphatic carbocycles. The molecule has 0 amide bonds. The van der Waals surface area contributed by atoms with Crippen LogP contribution in [0.3, 0.4) is 0 Å². The van der Waals surface area contributed by atoms with Gasteiger partial charge in [0.15, 0.2) is 0 Å². The van der Waals surface area contributed by atoms with Gasteiger partial charge in [0.05, 0.1) is 6.04 Å². The lowest BCUT2D eigenvalue weighted by molar-refractivity contribution is 0.353. The van der Waals surface area contributed by atoms with Crippen molar-refractivity contribution in [3.05, 3.63) is 52.8 Å². The van der Waals surface area contributed by atoms with Crippen molar-refractivity contribution in [1.29, 1.82) is 0 Å². The highest BCUT2D eigenvalue weighted by Crippen LogP contribution is 2.26. The molecule has 2 atom stereocenters. The lowest BCUT2D eigenvalue weighted by atomic mass is 9.91. The molecule has 0 fully saturated rings. The third-order valence-electron chi connectivity index (χ3n) is 3.75. The van der Waals surface area contributed by atoms with Gasteiger partial charge in [0.1, 0.15) is 12.0 Å². The smallest absolute Gasteiger partial charge is 0.144 e. The maximum atomic E-state index is 14.3.